The van der Waals surface area contributed by atoms with E-state index in [9.17, 15) is 14.0 Å². The van der Waals surface area contributed by atoms with Crippen LogP contribution in [0.3, 0.4) is 0 Å². The van der Waals surface area contributed by atoms with Gasteiger partial charge in [0.05, 0.1) is 0 Å². The van der Waals surface area contributed by atoms with Gasteiger partial charge in [-0.2, -0.15) is 0 Å². The smallest absolute Gasteiger partial charge is 0.348 e. The Balaban J connectivity index is 2.17. The number of ketones is 1. The quantitative estimate of drug-likeness (QED) is 0.671. The molecule has 0 saturated heterocycles. The van der Waals surface area contributed by atoms with Crippen LogP contribution in [-0.2, 0) is 0 Å². The summed E-state index contributed by atoms with van der Waals surface area (Å²) in [4.78, 5) is 24.2. The third-order valence-corrected chi connectivity index (χ3v) is 3.01. The van der Waals surface area contributed by atoms with Gasteiger partial charge in [0.25, 0.3) is 0 Å². The lowest BCUT2D eigenvalue weighted by Crippen LogP contribution is -2.11. The largest absolute Gasteiger partial charge is 0.422 e. The number of carbonyl (C=O) groups excluding carboxylic acids is 1. The van der Waals surface area contributed by atoms with E-state index in [-0.39, 0.29) is 11.1 Å². The van der Waals surface area contributed by atoms with E-state index in [0.717, 1.165) is 0 Å². The van der Waals surface area contributed by atoms with Gasteiger partial charge in [0, 0.05) is 11.1 Å². The Morgan fingerprint density at radius 1 is 0.950 bits per heavy atom. The molecule has 0 spiro atoms. The first-order valence-corrected chi connectivity index (χ1v) is 5.99. The van der Waals surface area contributed by atoms with Crippen LogP contribution in [0.4, 0.5) is 4.39 Å². The minimum Gasteiger partial charge on any atom is -0.422 e. The van der Waals surface area contributed by atoms with E-state index in [0.29, 0.717) is 11.3 Å². The van der Waals surface area contributed by atoms with Crippen LogP contribution in [0, 0.1) is 5.82 Å². The maximum absolute atomic E-state index is 12.9. The second-order valence-electron chi connectivity index (χ2n) is 4.29. The van der Waals surface area contributed by atoms with Crippen molar-refractivity contribution in [3.63, 3.8) is 0 Å². The van der Waals surface area contributed by atoms with Crippen molar-refractivity contribution in [1.29, 1.82) is 0 Å². The molecule has 0 aromatic heterocycles. The molecule has 0 amide bonds. The average Bonchev–Trinajstić information content (AvgIpc) is 2.60. The third-order valence-electron chi connectivity index (χ3n) is 3.01. The van der Waals surface area contributed by atoms with E-state index in [1.54, 1.807) is 30.3 Å². The molecule has 20 heavy (non-hydrogen) atoms. The standard InChI is InChI=1S/C16H9FO3/c17-11-8-6-10(7-9-11)15(18)14-12-4-2-1-3-5-13(12)20-16(14)19/h1-9H. The molecule has 0 radical (unpaired) electrons. The number of hydrogen-bond acceptors (Lipinski definition) is 3. The maximum Gasteiger partial charge on any atom is 0.348 e. The lowest BCUT2D eigenvalue weighted by molar-refractivity contribution is 0.103. The van der Waals surface area contributed by atoms with Crippen LogP contribution >= 0.6 is 0 Å². The van der Waals surface area contributed by atoms with Gasteiger partial charge in [0.2, 0.25) is 5.78 Å². The summed E-state index contributed by atoms with van der Waals surface area (Å²) in [5.41, 5.74) is -0.00429. The van der Waals surface area contributed by atoms with Crippen molar-refractivity contribution in [3.8, 4) is 11.3 Å². The number of furan rings is 1. The van der Waals surface area contributed by atoms with Crippen LogP contribution in [-0.4, -0.2) is 5.78 Å². The fourth-order valence-corrected chi connectivity index (χ4v) is 2.05. The first kappa shape index (κ1) is 12.3. The molecule has 3 rings (SSSR count). The van der Waals surface area contributed by atoms with Crippen LogP contribution in [0.5, 0.6) is 0 Å². The summed E-state index contributed by atoms with van der Waals surface area (Å²) >= 11 is 0. The van der Waals surface area contributed by atoms with Gasteiger partial charge >= 0.3 is 5.63 Å². The molecule has 1 aromatic carbocycles. The van der Waals surface area contributed by atoms with Crippen LogP contribution < -0.4 is 5.63 Å². The second-order valence-corrected chi connectivity index (χ2v) is 4.29. The highest BCUT2D eigenvalue weighted by Gasteiger charge is 2.23. The van der Waals surface area contributed by atoms with Crippen molar-refractivity contribution in [2.75, 3.05) is 0 Å². The Hall–Kier alpha value is -2.75. The molecule has 1 aliphatic heterocycles. The van der Waals surface area contributed by atoms with Crippen molar-refractivity contribution >= 4 is 5.78 Å². The lowest BCUT2D eigenvalue weighted by Gasteiger charge is -1.98. The van der Waals surface area contributed by atoms with Gasteiger partial charge in [0.15, 0.2) is 0 Å². The highest BCUT2D eigenvalue weighted by atomic mass is 19.1. The van der Waals surface area contributed by atoms with Gasteiger partial charge in [-0.1, -0.05) is 24.3 Å². The second kappa shape index (κ2) is 4.74. The highest BCUT2D eigenvalue weighted by Crippen LogP contribution is 2.25. The topological polar surface area (TPSA) is 47.3 Å². The number of benzene rings is 1. The Bertz CT molecular complexity index is 803. The molecule has 98 valence electrons. The molecule has 0 unspecified atom stereocenters. The zero-order chi connectivity index (χ0) is 14.1. The predicted octanol–water partition coefficient (Wildman–Crippen LogP) is 3.11. The maximum atomic E-state index is 12.9. The van der Waals surface area contributed by atoms with Crippen LogP contribution in [0.15, 0.2) is 63.8 Å². The molecular weight excluding hydrogens is 259 g/mol. The summed E-state index contributed by atoms with van der Waals surface area (Å²) in [7, 11) is 0. The molecular formula is C16H9FO3. The number of rotatable bonds is 2. The Labute approximate surface area is 113 Å². The molecule has 0 fully saturated rings. The normalized spacial score (nSPS) is 10.7. The third kappa shape index (κ3) is 2.01. The summed E-state index contributed by atoms with van der Waals surface area (Å²) in [6.07, 6.45) is 0. The Morgan fingerprint density at radius 3 is 2.40 bits per heavy atom. The van der Waals surface area contributed by atoms with Crippen molar-refractivity contribution in [2.24, 2.45) is 0 Å². The van der Waals surface area contributed by atoms with E-state index in [1.165, 1.54) is 24.3 Å². The number of hydrogen-bond donors (Lipinski definition) is 0. The predicted molar refractivity (Wildman–Crippen MR) is 71.4 cm³/mol. The summed E-state index contributed by atoms with van der Waals surface area (Å²) in [5.74, 6) is -0.558. The summed E-state index contributed by atoms with van der Waals surface area (Å²) in [5, 5.41) is 0. The molecule has 1 aliphatic carbocycles. The number of fused-ring (bicyclic) bond motifs is 1. The van der Waals surface area contributed by atoms with E-state index < -0.39 is 17.2 Å². The summed E-state index contributed by atoms with van der Waals surface area (Å²) in [6, 6.07) is 13.5. The molecule has 2 aliphatic rings. The monoisotopic (exact) mass is 268 g/mol. The molecule has 3 nitrogen and oxygen atoms in total. The van der Waals surface area contributed by atoms with Crippen molar-refractivity contribution in [3.05, 3.63) is 82.0 Å². The first-order valence-electron chi connectivity index (χ1n) is 5.99. The minimum atomic E-state index is -0.680. The SMILES string of the molecule is O=C(c1ccc(F)cc1)c1c2cccccc-2oc1=O. The van der Waals surface area contributed by atoms with Crippen LogP contribution in [0.25, 0.3) is 11.3 Å². The van der Waals surface area contributed by atoms with E-state index in [1.807, 2.05) is 0 Å². The fourth-order valence-electron chi connectivity index (χ4n) is 2.05. The highest BCUT2D eigenvalue weighted by molar-refractivity contribution is 6.12. The van der Waals surface area contributed by atoms with E-state index in [4.69, 9.17) is 4.42 Å². The minimum absolute atomic E-state index is 0.0252. The van der Waals surface area contributed by atoms with Crippen molar-refractivity contribution in [2.45, 2.75) is 0 Å². The van der Waals surface area contributed by atoms with Crippen LogP contribution in [0.2, 0.25) is 0 Å². The molecule has 0 atom stereocenters. The van der Waals surface area contributed by atoms with Crippen LogP contribution in [0.1, 0.15) is 15.9 Å². The zero-order valence-electron chi connectivity index (χ0n) is 10.3. The molecule has 0 saturated carbocycles. The summed E-state index contributed by atoms with van der Waals surface area (Å²) < 4.78 is 18.0. The first-order chi connectivity index (χ1) is 9.66. The Kier molecular flexibility index (Phi) is 2.91. The van der Waals surface area contributed by atoms with Gasteiger partial charge < -0.3 is 4.42 Å². The van der Waals surface area contributed by atoms with Crippen molar-refractivity contribution < 1.29 is 13.6 Å². The summed E-state index contributed by atoms with van der Waals surface area (Å²) in [6.45, 7) is 0. The molecule has 1 heterocycles. The molecule has 0 bridgehead atoms. The van der Waals surface area contributed by atoms with Gasteiger partial charge in [-0.25, -0.2) is 9.18 Å². The molecule has 0 N–H and O–H groups in total. The van der Waals surface area contributed by atoms with E-state index >= 15 is 0 Å². The van der Waals surface area contributed by atoms with Gasteiger partial charge in [-0.3, -0.25) is 4.79 Å². The Morgan fingerprint density at radius 2 is 1.65 bits per heavy atom. The zero-order valence-corrected chi connectivity index (χ0v) is 10.3. The van der Waals surface area contributed by atoms with Gasteiger partial charge in [0.1, 0.15) is 17.1 Å². The van der Waals surface area contributed by atoms with Gasteiger partial charge in [-0.05, 0) is 30.3 Å². The number of halogens is 1. The average molecular weight is 268 g/mol. The van der Waals surface area contributed by atoms with E-state index in [2.05, 4.69) is 0 Å². The van der Waals surface area contributed by atoms with Gasteiger partial charge in [-0.15, -0.1) is 0 Å². The lowest BCUT2D eigenvalue weighted by atomic mass is 10.0. The fraction of sp³-hybridized carbons (Fsp3) is 0. The van der Waals surface area contributed by atoms with Crippen molar-refractivity contribution in [1.82, 2.24) is 0 Å². The molecule has 1 aromatic rings. The molecule has 4 heteroatoms. The number of carbonyl (C=O) groups is 1.